The van der Waals surface area contributed by atoms with Gasteiger partial charge < -0.3 is 33.3 Å². The molecule has 0 spiro atoms. The van der Waals surface area contributed by atoms with Crippen LogP contribution >= 0.6 is 11.6 Å². The van der Waals surface area contributed by atoms with Gasteiger partial charge in [-0.2, -0.15) is 0 Å². The number of carbonyl (C=O) groups excluding carboxylic acids is 2. The number of anilines is 1. The number of nitrogens with zero attached hydrogens (tertiary/aromatic N) is 1. The van der Waals surface area contributed by atoms with Gasteiger partial charge in [0.2, 0.25) is 0 Å². The highest BCUT2D eigenvalue weighted by Crippen LogP contribution is 2.46. The summed E-state index contributed by atoms with van der Waals surface area (Å²) < 4.78 is 34.5. The summed E-state index contributed by atoms with van der Waals surface area (Å²) in [5.74, 6) is 1.04. The highest BCUT2D eigenvalue weighted by molar-refractivity contribution is 6.30. The molecular formula is C35H34ClNO8. The van der Waals surface area contributed by atoms with Crippen molar-refractivity contribution in [2.75, 3.05) is 33.3 Å². The standard InChI is InChI=1S/C35H34ClNO8/c1-40-25-15-13-23(30(18-25)41-2)20-37-28-16-14-24(36)17-27(28)33(45-31(35(37)39)19-32(38)42-3)26-11-8-12-29(34(26)43-4)44-21-22-9-6-5-7-10-22/h5-18,31,33H,19-21H2,1-4H3/t31-,33-/m1/s1. The van der Waals surface area contributed by atoms with E-state index in [4.69, 9.17) is 40.0 Å². The van der Waals surface area contributed by atoms with Gasteiger partial charge in [0.15, 0.2) is 11.5 Å². The number of ether oxygens (including phenoxy) is 6. The second-order valence-corrected chi connectivity index (χ2v) is 10.7. The first-order chi connectivity index (χ1) is 21.9. The van der Waals surface area contributed by atoms with Crippen LogP contribution in [0.4, 0.5) is 5.69 Å². The topological polar surface area (TPSA) is 92.8 Å². The molecule has 0 aromatic heterocycles. The third-order valence-electron chi connectivity index (χ3n) is 7.54. The van der Waals surface area contributed by atoms with E-state index in [0.29, 0.717) is 51.4 Å². The first kappa shape index (κ1) is 31.7. The highest BCUT2D eigenvalue weighted by Gasteiger charge is 2.39. The lowest BCUT2D eigenvalue weighted by Crippen LogP contribution is -2.40. The molecule has 1 aliphatic heterocycles. The van der Waals surface area contributed by atoms with Crippen molar-refractivity contribution in [1.29, 1.82) is 0 Å². The Kier molecular flexibility index (Phi) is 10.1. The Bertz CT molecular complexity index is 1660. The van der Waals surface area contributed by atoms with E-state index in [9.17, 15) is 9.59 Å². The first-order valence-electron chi connectivity index (χ1n) is 14.2. The molecule has 0 radical (unpaired) electrons. The molecule has 0 unspecified atom stereocenters. The van der Waals surface area contributed by atoms with Crippen molar-refractivity contribution >= 4 is 29.2 Å². The van der Waals surface area contributed by atoms with E-state index in [2.05, 4.69) is 0 Å². The quantitative estimate of drug-likeness (QED) is 0.173. The minimum Gasteiger partial charge on any atom is -0.497 e. The average Bonchev–Trinajstić information content (AvgIpc) is 3.17. The summed E-state index contributed by atoms with van der Waals surface area (Å²) >= 11 is 6.55. The summed E-state index contributed by atoms with van der Waals surface area (Å²) in [6.45, 7) is 0.432. The van der Waals surface area contributed by atoms with Gasteiger partial charge >= 0.3 is 5.97 Å². The third kappa shape index (κ3) is 7.00. The summed E-state index contributed by atoms with van der Waals surface area (Å²) in [6, 6.07) is 25.8. The van der Waals surface area contributed by atoms with E-state index in [1.165, 1.54) is 7.11 Å². The fourth-order valence-corrected chi connectivity index (χ4v) is 5.48. The van der Waals surface area contributed by atoms with Crippen LogP contribution in [-0.4, -0.2) is 46.4 Å². The van der Waals surface area contributed by atoms with Gasteiger partial charge in [0.05, 0.1) is 47.1 Å². The molecule has 0 aliphatic carbocycles. The van der Waals surface area contributed by atoms with Gasteiger partial charge in [-0.1, -0.05) is 54.1 Å². The summed E-state index contributed by atoms with van der Waals surface area (Å²) in [4.78, 5) is 28.4. The zero-order valence-electron chi connectivity index (χ0n) is 25.5. The molecule has 45 heavy (non-hydrogen) atoms. The van der Waals surface area contributed by atoms with Crippen molar-refractivity contribution in [1.82, 2.24) is 0 Å². The SMILES string of the molecule is COC(=O)C[C@H]1O[C@H](c2cccc(OCc3ccccc3)c2OC)c2cc(Cl)ccc2N(Cc2ccc(OC)cc2OC)C1=O. The summed E-state index contributed by atoms with van der Waals surface area (Å²) in [6.07, 6.45) is -2.37. The lowest BCUT2D eigenvalue weighted by molar-refractivity contribution is -0.149. The van der Waals surface area contributed by atoms with Crippen LogP contribution in [0.1, 0.15) is 34.8 Å². The molecule has 4 aromatic carbocycles. The summed E-state index contributed by atoms with van der Waals surface area (Å²) in [7, 11) is 5.93. The van der Waals surface area contributed by atoms with Crippen LogP contribution in [-0.2, 0) is 32.2 Å². The predicted octanol–water partition coefficient (Wildman–Crippen LogP) is 6.53. The molecular weight excluding hydrogens is 598 g/mol. The van der Waals surface area contributed by atoms with Crippen molar-refractivity contribution < 1.29 is 38.0 Å². The van der Waals surface area contributed by atoms with Crippen LogP contribution in [0.15, 0.2) is 84.9 Å². The molecule has 0 N–H and O–H groups in total. The Morgan fingerprint density at radius 3 is 2.36 bits per heavy atom. The van der Waals surface area contributed by atoms with E-state index in [0.717, 1.165) is 11.1 Å². The van der Waals surface area contributed by atoms with Crippen LogP contribution in [0.25, 0.3) is 0 Å². The Hall–Kier alpha value is -4.73. The maximum absolute atomic E-state index is 14.3. The number of hydrogen-bond donors (Lipinski definition) is 0. The Morgan fingerprint density at radius 2 is 1.64 bits per heavy atom. The smallest absolute Gasteiger partial charge is 0.308 e. The third-order valence-corrected chi connectivity index (χ3v) is 7.78. The molecule has 9 nitrogen and oxygen atoms in total. The van der Waals surface area contributed by atoms with Crippen molar-refractivity contribution in [3.8, 4) is 23.0 Å². The van der Waals surface area contributed by atoms with Crippen LogP contribution in [0.2, 0.25) is 5.02 Å². The maximum Gasteiger partial charge on any atom is 0.308 e. The fourth-order valence-electron chi connectivity index (χ4n) is 5.30. The molecule has 1 aliphatic rings. The Morgan fingerprint density at radius 1 is 0.844 bits per heavy atom. The summed E-state index contributed by atoms with van der Waals surface area (Å²) in [5, 5.41) is 0.443. The number of fused-ring (bicyclic) bond motifs is 1. The predicted molar refractivity (Wildman–Crippen MR) is 169 cm³/mol. The number of para-hydroxylation sites is 1. The van der Waals surface area contributed by atoms with E-state index in [1.54, 1.807) is 62.6 Å². The maximum atomic E-state index is 14.3. The largest absolute Gasteiger partial charge is 0.497 e. The molecule has 234 valence electrons. The van der Waals surface area contributed by atoms with Gasteiger partial charge in [-0.25, -0.2) is 0 Å². The molecule has 5 rings (SSSR count). The van der Waals surface area contributed by atoms with Crippen LogP contribution in [0, 0.1) is 0 Å². The minimum absolute atomic E-state index is 0.117. The average molecular weight is 632 g/mol. The van der Waals surface area contributed by atoms with Crippen molar-refractivity contribution in [3.63, 3.8) is 0 Å². The zero-order valence-corrected chi connectivity index (χ0v) is 26.2. The van der Waals surface area contributed by atoms with Gasteiger partial charge in [-0.3, -0.25) is 9.59 Å². The van der Waals surface area contributed by atoms with Crippen LogP contribution in [0.3, 0.4) is 0 Å². The highest BCUT2D eigenvalue weighted by atomic mass is 35.5. The lowest BCUT2D eigenvalue weighted by atomic mass is 9.97. The number of esters is 1. The Labute approximate surface area is 267 Å². The molecule has 0 saturated carbocycles. The lowest BCUT2D eigenvalue weighted by Gasteiger charge is -2.26. The van der Waals surface area contributed by atoms with Gasteiger partial charge in [0.25, 0.3) is 5.91 Å². The van der Waals surface area contributed by atoms with Crippen molar-refractivity contribution in [3.05, 3.63) is 112 Å². The number of halogens is 1. The van der Waals surface area contributed by atoms with E-state index >= 15 is 0 Å². The molecule has 0 bridgehead atoms. The molecule has 2 atom stereocenters. The minimum atomic E-state index is -1.20. The number of methoxy groups -OCH3 is 4. The Balaban J connectivity index is 1.62. The van der Waals surface area contributed by atoms with Crippen LogP contribution in [0.5, 0.6) is 23.0 Å². The van der Waals surface area contributed by atoms with Crippen LogP contribution < -0.4 is 23.8 Å². The number of benzene rings is 4. The number of rotatable bonds is 11. The van der Waals surface area contributed by atoms with E-state index in [1.807, 2.05) is 48.5 Å². The molecule has 0 saturated heterocycles. The monoisotopic (exact) mass is 631 g/mol. The zero-order chi connectivity index (χ0) is 31.9. The molecule has 0 fully saturated rings. The normalized spacial score (nSPS) is 15.9. The van der Waals surface area contributed by atoms with Gasteiger partial charge in [-0.05, 0) is 42.0 Å². The molecule has 1 amide bonds. The molecule has 4 aromatic rings. The number of hydrogen-bond acceptors (Lipinski definition) is 8. The van der Waals surface area contributed by atoms with Crippen molar-refractivity contribution in [2.45, 2.75) is 31.8 Å². The fraction of sp³-hybridized carbons (Fsp3) is 0.257. The second kappa shape index (κ2) is 14.4. The van der Waals surface area contributed by atoms with Gasteiger partial charge in [-0.15, -0.1) is 0 Å². The summed E-state index contributed by atoms with van der Waals surface area (Å²) in [5.41, 5.74) is 3.46. The van der Waals surface area contributed by atoms with Crippen molar-refractivity contribution in [2.24, 2.45) is 0 Å². The van der Waals surface area contributed by atoms with E-state index < -0.39 is 24.1 Å². The van der Waals surface area contributed by atoms with Gasteiger partial charge in [0, 0.05) is 27.8 Å². The number of amides is 1. The molecule has 10 heteroatoms. The second-order valence-electron chi connectivity index (χ2n) is 10.2. The molecule has 1 heterocycles. The number of carbonyl (C=O) groups is 2. The van der Waals surface area contributed by atoms with E-state index in [-0.39, 0.29) is 13.0 Å². The first-order valence-corrected chi connectivity index (χ1v) is 14.6. The van der Waals surface area contributed by atoms with Gasteiger partial charge in [0.1, 0.15) is 30.3 Å².